The fourth-order valence-corrected chi connectivity index (χ4v) is 4.26. The van der Waals surface area contributed by atoms with Crippen molar-refractivity contribution in [2.45, 2.75) is 11.1 Å². The third-order valence-electron chi connectivity index (χ3n) is 3.52. The molecule has 9 heteroatoms. The number of hydrogen-bond acceptors (Lipinski definition) is 4. The summed E-state index contributed by atoms with van der Waals surface area (Å²) in [5.41, 5.74) is 0.800. The van der Waals surface area contributed by atoms with E-state index in [9.17, 15) is 8.42 Å². The molecule has 1 aliphatic heterocycles. The highest BCUT2D eigenvalue weighted by Gasteiger charge is 2.35. The summed E-state index contributed by atoms with van der Waals surface area (Å²) in [6.07, 6.45) is 2.68. The van der Waals surface area contributed by atoms with E-state index in [1.165, 1.54) is 16.8 Å². The van der Waals surface area contributed by atoms with Gasteiger partial charge in [0.15, 0.2) is 5.03 Å². The molecule has 0 amide bonds. The first-order valence-corrected chi connectivity index (χ1v) is 8.38. The second-order valence-corrected chi connectivity index (χ2v) is 7.04. The number of hydrogen-bond donors (Lipinski definition) is 2. The van der Waals surface area contributed by atoms with E-state index in [1.807, 2.05) is 18.2 Å². The average molecular weight is 363 g/mol. The van der Waals surface area contributed by atoms with Gasteiger partial charge < -0.3 is 10.3 Å². The summed E-state index contributed by atoms with van der Waals surface area (Å²) < 4.78 is 26.9. The van der Waals surface area contributed by atoms with Crippen LogP contribution >= 0.6 is 24.0 Å². The standard InChI is InChI=1S/C13H15ClN4O2S.ClH/c14-11-4-2-1-3-10(11)12-7-15-5-6-18(12)21(19,20)13-8-16-9-17-13;/h1-4,8-9,12,15H,5-7H2,(H,16,17);1H. The number of imidazole rings is 1. The lowest BCUT2D eigenvalue weighted by Gasteiger charge is -2.35. The third-order valence-corrected chi connectivity index (χ3v) is 5.70. The van der Waals surface area contributed by atoms with Gasteiger partial charge in [0.2, 0.25) is 0 Å². The van der Waals surface area contributed by atoms with Gasteiger partial charge in [-0.3, -0.25) is 0 Å². The van der Waals surface area contributed by atoms with E-state index in [0.717, 1.165) is 5.56 Å². The minimum atomic E-state index is -3.62. The first kappa shape index (κ1) is 17.2. The van der Waals surface area contributed by atoms with E-state index in [4.69, 9.17) is 11.6 Å². The van der Waals surface area contributed by atoms with Gasteiger partial charge in [0.25, 0.3) is 10.0 Å². The Morgan fingerprint density at radius 1 is 1.32 bits per heavy atom. The summed E-state index contributed by atoms with van der Waals surface area (Å²) in [5, 5.41) is 3.88. The molecule has 120 valence electrons. The Hall–Kier alpha value is -1.12. The fraction of sp³-hybridized carbons (Fsp3) is 0.308. The highest BCUT2D eigenvalue weighted by atomic mass is 35.5. The van der Waals surface area contributed by atoms with Gasteiger partial charge in [-0.25, -0.2) is 13.4 Å². The van der Waals surface area contributed by atoms with Gasteiger partial charge in [0, 0.05) is 24.7 Å². The average Bonchev–Trinajstić information content (AvgIpc) is 3.03. The summed E-state index contributed by atoms with van der Waals surface area (Å²) >= 11 is 6.23. The van der Waals surface area contributed by atoms with E-state index in [0.29, 0.717) is 24.7 Å². The molecule has 1 aromatic heterocycles. The minimum absolute atomic E-state index is 0. The van der Waals surface area contributed by atoms with Crippen LogP contribution in [0.5, 0.6) is 0 Å². The number of benzene rings is 1. The number of nitrogens with zero attached hydrogens (tertiary/aromatic N) is 2. The number of halogens is 2. The summed E-state index contributed by atoms with van der Waals surface area (Å²) in [6, 6.07) is 6.98. The van der Waals surface area contributed by atoms with E-state index in [1.54, 1.807) is 6.07 Å². The molecule has 1 saturated heterocycles. The molecule has 1 unspecified atom stereocenters. The number of aromatic amines is 1. The maximum atomic E-state index is 12.7. The van der Waals surface area contributed by atoms with Gasteiger partial charge >= 0.3 is 0 Å². The maximum Gasteiger partial charge on any atom is 0.260 e. The van der Waals surface area contributed by atoms with Crippen LogP contribution in [0.1, 0.15) is 11.6 Å². The Labute approximate surface area is 140 Å². The summed E-state index contributed by atoms with van der Waals surface area (Å²) in [5.74, 6) is 0. The van der Waals surface area contributed by atoms with Gasteiger partial charge in [-0.1, -0.05) is 29.8 Å². The molecule has 1 aromatic carbocycles. The molecule has 0 aliphatic carbocycles. The quantitative estimate of drug-likeness (QED) is 0.872. The number of sulfonamides is 1. The van der Waals surface area contributed by atoms with Crippen LogP contribution in [0.4, 0.5) is 0 Å². The predicted molar refractivity (Wildman–Crippen MR) is 86.8 cm³/mol. The van der Waals surface area contributed by atoms with E-state index in [2.05, 4.69) is 15.3 Å². The molecule has 2 aromatic rings. The number of piperazine rings is 1. The molecule has 3 rings (SSSR count). The van der Waals surface area contributed by atoms with Crippen LogP contribution in [0.25, 0.3) is 0 Å². The lowest BCUT2D eigenvalue weighted by molar-refractivity contribution is 0.271. The third kappa shape index (κ3) is 3.13. The number of H-pyrrole nitrogens is 1. The van der Waals surface area contributed by atoms with Gasteiger partial charge in [-0.2, -0.15) is 4.31 Å². The lowest BCUT2D eigenvalue weighted by Crippen LogP contribution is -2.48. The maximum absolute atomic E-state index is 12.7. The van der Waals surface area contributed by atoms with Gasteiger partial charge in [0.05, 0.1) is 18.6 Å². The van der Waals surface area contributed by atoms with Crippen LogP contribution < -0.4 is 5.32 Å². The molecule has 6 nitrogen and oxygen atoms in total. The van der Waals surface area contributed by atoms with E-state index >= 15 is 0 Å². The number of aromatic nitrogens is 2. The molecule has 2 N–H and O–H groups in total. The van der Waals surface area contributed by atoms with Crippen LogP contribution in [0.3, 0.4) is 0 Å². The van der Waals surface area contributed by atoms with Crippen LogP contribution in [0.2, 0.25) is 5.02 Å². The molecule has 0 radical (unpaired) electrons. The molecule has 0 bridgehead atoms. The van der Waals surface area contributed by atoms with Crippen molar-refractivity contribution in [1.29, 1.82) is 0 Å². The zero-order valence-electron chi connectivity index (χ0n) is 11.6. The van der Waals surface area contributed by atoms with Gasteiger partial charge in [-0.05, 0) is 11.6 Å². The van der Waals surface area contributed by atoms with Gasteiger partial charge in [-0.15, -0.1) is 12.4 Å². The van der Waals surface area contributed by atoms with Crippen molar-refractivity contribution < 1.29 is 8.42 Å². The van der Waals surface area contributed by atoms with Crippen molar-refractivity contribution in [3.05, 3.63) is 47.4 Å². The summed E-state index contributed by atoms with van der Waals surface area (Å²) in [4.78, 5) is 6.46. The predicted octanol–water partition coefficient (Wildman–Crippen LogP) is 1.82. The second-order valence-electron chi connectivity index (χ2n) is 4.77. The topological polar surface area (TPSA) is 78.1 Å². The largest absolute Gasteiger partial charge is 0.335 e. The first-order valence-electron chi connectivity index (χ1n) is 6.56. The Kier molecular flexibility index (Phi) is 5.46. The van der Waals surface area contributed by atoms with E-state index < -0.39 is 10.0 Å². The monoisotopic (exact) mass is 362 g/mol. The Morgan fingerprint density at radius 3 is 2.77 bits per heavy atom. The number of rotatable bonds is 3. The lowest BCUT2D eigenvalue weighted by atomic mass is 10.1. The zero-order valence-corrected chi connectivity index (χ0v) is 14.0. The Bertz CT molecular complexity index is 721. The SMILES string of the molecule is Cl.O=S(=O)(c1cnc[nH]1)N1CCNCC1c1ccccc1Cl. The van der Waals surface area contributed by atoms with Crippen molar-refractivity contribution in [1.82, 2.24) is 19.6 Å². The molecule has 1 atom stereocenters. The second kappa shape index (κ2) is 6.97. The first-order chi connectivity index (χ1) is 10.1. The molecule has 1 fully saturated rings. The molecular weight excluding hydrogens is 347 g/mol. The fourth-order valence-electron chi connectivity index (χ4n) is 2.49. The van der Waals surface area contributed by atoms with Gasteiger partial charge in [0.1, 0.15) is 0 Å². The van der Waals surface area contributed by atoms with Crippen LogP contribution in [0.15, 0.2) is 41.8 Å². The van der Waals surface area contributed by atoms with Crippen LogP contribution in [0, 0.1) is 0 Å². The highest BCUT2D eigenvalue weighted by molar-refractivity contribution is 7.89. The van der Waals surface area contributed by atoms with Crippen molar-refractivity contribution in [3.8, 4) is 0 Å². The molecule has 0 spiro atoms. The molecular formula is C13H16Cl2N4O2S. The minimum Gasteiger partial charge on any atom is -0.335 e. The zero-order chi connectivity index (χ0) is 14.9. The summed E-state index contributed by atoms with van der Waals surface area (Å²) in [6.45, 7) is 1.52. The molecule has 22 heavy (non-hydrogen) atoms. The van der Waals surface area contributed by atoms with Crippen LogP contribution in [-0.4, -0.2) is 42.3 Å². The van der Waals surface area contributed by atoms with E-state index in [-0.39, 0.29) is 23.5 Å². The number of nitrogens with one attached hydrogen (secondary N) is 2. The van der Waals surface area contributed by atoms with Crippen LogP contribution in [-0.2, 0) is 10.0 Å². The normalized spacial score (nSPS) is 19.6. The molecule has 1 aliphatic rings. The Morgan fingerprint density at radius 2 is 2.09 bits per heavy atom. The molecule has 2 heterocycles. The van der Waals surface area contributed by atoms with Crippen molar-refractivity contribution in [2.75, 3.05) is 19.6 Å². The van der Waals surface area contributed by atoms with Crippen molar-refractivity contribution >= 4 is 34.0 Å². The van der Waals surface area contributed by atoms with Crippen molar-refractivity contribution in [2.24, 2.45) is 0 Å². The summed E-state index contributed by atoms with van der Waals surface area (Å²) in [7, 11) is -3.62. The molecule has 0 saturated carbocycles. The highest BCUT2D eigenvalue weighted by Crippen LogP contribution is 2.31. The van der Waals surface area contributed by atoms with Crippen molar-refractivity contribution in [3.63, 3.8) is 0 Å². The smallest absolute Gasteiger partial charge is 0.260 e. The Balaban J connectivity index is 0.00000176.